The summed E-state index contributed by atoms with van der Waals surface area (Å²) in [6.45, 7) is 4.04. The number of carbonyl (C=O) groups is 1. The van der Waals surface area contributed by atoms with E-state index in [0.29, 0.717) is 23.6 Å². The molecule has 1 aromatic heterocycles. The molecule has 1 aromatic rings. The van der Waals surface area contributed by atoms with Gasteiger partial charge >= 0.3 is 0 Å². The van der Waals surface area contributed by atoms with Crippen LogP contribution in [0, 0.1) is 6.92 Å². The van der Waals surface area contributed by atoms with Crippen LogP contribution in [0.1, 0.15) is 23.0 Å². The molecule has 18 heavy (non-hydrogen) atoms. The minimum absolute atomic E-state index is 0.121. The highest BCUT2D eigenvalue weighted by Crippen LogP contribution is 2.26. The molecule has 0 bridgehead atoms. The second-order valence-electron chi connectivity index (χ2n) is 4.72. The highest BCUT2D eigenvalue weighted by Gasteiger charge is 2.31. The molecule has 7 heteroatoms. The fourth-order valence-electron chi connectivity index (χ4n) is 2.45. The zero-order valence-corrected chi connectivity index (χ0v) is 11.6. The molecule has 1 aliphatic rings. The largest absolute Gasteiger partial charge is 0.351 e. The van der Waals surface area contributed by atoms with Crippen LogP contribution in [-0.2, 0) is 16.9 Å². The zero-order valence-electron chi connectivity index (χ0n) is 10.8. The summed E-state index contributed by atoms with van der Waals surface area (Å²) in [7, 11) is -1.19. The van der Waals surface area contributed by atoms with Crippen LogP contribution < -0.4 is 4.90 Å². The molecule has 100 valence electrons. The van der Waals surface area contributed by atoms with Gasteiger partial charge in [-0.05, 0) is 13.8 Å². The molecule has 0 aliphatic carbocycles. The van der Waals surface area contributed by atoms with Crippen LogP contribution in [0.15, 0.2) is 0 Å². The van der Waals surface area contributed by atoms with Crippen LogP contribution >= 0.6 is 0 Å². The Labute approximate surface area is 106 Å². The van der Waals surface area contributed by atoms with E-state index in [2.05, 4.69) is 5.10 Å². The number of anilines is 1. The smallest absolute Gasteiger partial charge is 0.155 e. The van der Waals surface area contributed by atoms with E-state index in [1.54, 1.807) is 18.7 Å². The van der Waals surface area contributed by atoms with Crippen molar-refractivity contribution in [3.8, 4) is 0 Å². The Morgan fingerprint density at radius 1 is 1.44 bits per heavy atom. The number of aryl methyl sites for hydroxylation is 2. The molecule has 1 saturated heterocycles. The third-order valence-electron chi connectivity index (χ3n) is 3.30. The summed E-state index contributed by atoms with van der Waals surface area (Å²) in [6.07, 6.45) is 0.785. The summed E-state index contributed by atoms with van der Waals surface area (Å²) in [5.41, 5.74) is 1.21. The molecule has 1 atom stereocenters. The van der Waals surface area contributed by atoms with Crippen molar-refractivity contribution in [3.05, 3.63) is 11.3 Å². The molecule has 6 nitrogen and oxygen atoms in total. The van der Waals surface area contributed by atoms with E-state index in [0.717, 1.165) is 6.29 Å². The summed E-state index contributed by atoms with van der Waals surface area (Å²) in [5.74, 6) is 0.958. The van der Waals surface area contributed by atoms with Gasteiger partial charge in [-0.2, -0.15) is 5.10 Å². The Bertz CT molecular complexity index is 577. The Morgan fingerprint density at radius 2 is 2.11 bits per heavy atom. The van der Waals surface area contributed by atoms with Gasteiger partial charge < -0.3 is 4.90 Å². The summed E-state index contributed by atoms with van der Waals surface area (Å²) in [4.78, 5) is 13.1. The van der Waals surface area contributed by atoms with Gasteiger partial charge in [-0.1, -0.05) is 0 Å². The first-order valence-corrected chi connectivity index (χ1v) is 7.63. The Morgan fingerprint density at radius 3 is 2.67 bits per heavy atom. The van der Waals surface area contributed by atoms with E-state index < -0.39 is 9.84 Å². The molecule has 1 aliphatic heterocycles. The summed E-state index contributed by atoms with van der Waals surface area (Å²) >= 11 is 0. The average molecular weight is 271 g/mol. The predicted octanol–water partition coefficient (Wildman–Crippen LogP) is 0.164. The number of rotatable bonds is 2. The van der Waals surface area contributed by atoms with Crippen molar-refractivity contribution < 1.29 is 13.2 Å². The van der Waals surface area contributed by atoms with Crippen LogP contribution in [0.3, 0.4) is 0 Å². The lowest BCUT2D eigenvalue weighted by Gasteiger charge is -2.35. The zero-order chi connectivity index (χ0) is 13.5. The van der Waals surface area contributed by atoms with Crippen LogP contribution in [0.25, 0.3) is 0 Å². The Hall–Kier alpha value is -1.37. The second kappa shape index (κ2) is 4.38. The van der Waals surface area contributed by atoms with E-state index in [4.69, 9.17) is 0 Å². The molecule has 0 N–H and O–H groups in total. The van der Waals surface area contributed by atoms with Crippen molar-refractivity contribution in [1.29, 1.82) is 0 Å². The van der Waals surface area contributed by atoms with E-state index in [1.807, 2.05) is 11.8 Å². The topological polar surface area (TPSA) is 72.3 Å². The SMILES string of the molecule is Cc1nn(C)c(N2CCS(=O)(=O)CC2C)c1C=O. The van der Waals surface area contributed by atoms with Crippen LogP contribution in [0.5, 0.6) is 0 Å². The molecule has 0 radical (unpaired) electrons. The van der Waals surface area contributed by atoms with Gasteiger partial charge in [0.2, 0.25) is 0 Å². The number of aromatic nitrogens is 2. The maximum Gasteiger partial charge on any atom is 0.155 e. The van der Waals surface area contributed by atoms with Gasteiger partial charge in [0.25, 0.3) is 0 Å². The molecule has 0 spiro atoms. The van der Waals surface area contributed by atoms with Gasteiger partial charge in [-0.3, -0.25) is 9.48 Å². The highest BCUT2D eigenvalue weighted by molar-refractivity contribution is 7.91. The number of hydrogen-bond acceptors (Lipinski definition) is 5. The lowest BCUT2D eigenvalue weighted by molar-refractivity contribution is 0.112. The molecule has 2 heterocycles. The maximum atomic E-state index is 11.6. The second-order valence-corrected chi connectivity index (χ2v) is 6.95. The van der Waals surface area contributed by atoms with Gasteiger partial charge in [0.1, 0.15) is 5.82 Å². The first-order valence-electron chi connectivity index (χ1n) is 5.81. The number of hydrogen-bond donors (Lipinski definition) is 0. The quantitative estimate of drug-likeness (QED) is 0.717. The number of sulfone groups is 1. The molecule has 1 unspecified atom stereocenters. The standard InChI is InChI=1S/C11H17N3O3S/c1-8-7-18(16,17)5-4-14(8)11-10(6-15)9(2)12-13(11)3/h6,8H,4-5,7H2,1-3H3. The fourth-order valence-corrected chi connectivity index (χ4v) is 4.01. The van der Waals surface area contributed by atoms with Gasteiger partial charge in [0.05, 0.1) is 22.8 Å². The minimum Gasteiger partial charge on any atom is -0.351 e. The third kappa shape index (κ3) is 2.14. The van der Waals surface area contributed by atoms with Gasteiger partial charge in [-0.15, -0.1) is 0 Å². The number of aldehydes is 1. The molecular weight excluding hydrogens is 254 g/mol. The molecule has 0 saturated carbocycles. The molecule has 2 rings (SSSR count). The van der Waals surface area contributed by atoms with Crippen LogP contribution in [0.2, 0.25) is 0 Å². The predicted molar refractivity (Wildman–Crippen MR) is 68.8 cm³/mol. The van der Waals surface area contributed by atoms with E-state index in [9.17, 15) is 13.2 Å². The third-order valence-corrected chi connectivity index (χ3v) is 5.09. The van der Waals surface area contributed by atoms with E-state index >= 15 is 0 Å². The Kier molecular flexibility index (Phi) is 3.18. The van der Waals surface area contributed by atoms with E-state index in [-0.39, 0.29) is 17.5 Å². The average Bonchev–Trinajstić information content (AvgIpc) is 2.52. The van der Waals surface area contributed by atoms with Gasteiger partial charge in [0, 0.05) is 19.6 Å². The molecule has 0 aromatic carbocycles. The van der Waals surface area contributed by atoms with Crippen molar-refractivity contribution in [2.45, 2.75) is 19.9 Å². The van der Waals surface area contributed by atoms with Gasteiger partial charge in [-0.25, -0.2) is 8.42 Å². The molecule has 1 fully saturated rings. The Balaban J connectivity index is 2.41. The summed E-state index contributed by atoms with van der Waals surface area (Å²) in [6, 6.07) is -0.141. The maximum absolute atomic E-state index is 11.6. The first kappa shape index (κ1) is 13.1. The van der Waals surface area contributed by atoms with Crippen molar-refractivity contribution in [1.82, 2.24) is 9.78 Å². The van der Waals surface area contributed by atoms with Crippen molar-refractivity contribution >= 4 is 21.9 Å². The minimum atomic E-state index is -2.96. The monoisotopic (exact) mass is 271 g/mol. The lowest BCUT2D eigenvalue weighted by Crippen LogP contribution is -2.48. The van der Waals surface area contributed by atoms with Crippen molar-refractivity contribution in [3.63, 3.8) is 0 Å². The van der Waals surface area contributed by atoms with Crippen LogP contribution in [0.4, 0.5) is 5.82 Å². The fraction of sp³-hybridized carbons (Fsp3) is 0.636. The van der Waals surface area contributed by atoms with Crippen LogP contribution in [-0.4, -0.2) is 48.6 Å². The number of carbonyl (C=O) groups excluding carboxylic acids is 1. The normalized spacial score (nSPS) is 23.1. The first-order chi connectivity index (χ1) is 8.35. The summed E-state index contributed by atoms with van der Waals surface area (Å²) in [5, 5.41) is 4.22. The molecular formula is C11H17N3O3S. The van der Waals surface area contributed by atoms with Gasteiger partial charge in [0.15, 0.2) is 16.1 Å². The lowest BCUT2D eigenvalue weighted by atomic mass is 10.2. The van der Waals surface area contributed by atoms with Crippen molar-refractivity contribution in [2.24, 2.45) is 7.05 Å². The highest BCUT2D eigenvalue weighted by atomic mass is 32.2. The van der Waals surface area contributed by atoms with Crippen molar-refractivity contribution in [2.75, 3.05) is 23.0 Å². The summed E-state index contributed by atoms with van der Waals surface area (Å²) < 4.78 is 24.8. The van der Waals surface area contributed by atoms with E-state index in [1.165, 1.54) is 0 Å². The molecule has 0 amide bonds. The number of nitrogens with zero attached hydrogens (tertiary/aromatic N) is 3.